The molecule has 6 nitrogen and oxygen atoms in total. The average Bonchev–Trinajstić information content (AvgIpc) is 2.75. The third-order valence-electron chi connectivity index (χ3n) is 4.58. The number of para-hydroxylation sites is 2. The maximum absolute atomic E-state index is 13.4. The molecule has 7 heteroatoms. The van der Waals surface area contributed by atoms with Gasteiger partial charge < -0.3 is 10.1 Å². The molecule has 3 aromatic rings. The lowest BCUT2D eigenvalue weighted by Crippen LogP contribution is -2.31. The topological polar surface area (TPSA) is 75.7 Å². The van der Waals surface area contributed by atoms with Gasteiger partial charge in [0.25, 0.3) is 10.0 Å². The number of nitrogens with one attached hydrogen (secondary N) is 1. The van der Waals surface area contributed by atoms with Gasteiger partial charge in [0.05, 0.1) is 24.9 Å². The summed E-state index contributed by atoms with van der Waals surface area (Å²) in [5, 5.41) is 2.75. The number of methoxy groups -OCH3 is 1. The fourth-order valence-corrected chi connectivity index (χ4v) is 4.75. The highest BCUT2D eigenvalue weighted by atomic mass is 32.2. The molecule has 0 aliphatic rings. The Labute approximate surface area is 177 Å². The molecule has 0 unspecified atom stereocenters. The first-order valence-electron chi connectivity index (χ1n) is 9.55. The van der Waals surface area contributed by atoms with Gasteiger partial charge in [0.15, 0.2) is 0 Å². The van der Waals surface area contributed by atoms with Gasteiger partial charge in [-0.25, -0.2) is 8.42 Å². The molecular weight excluding hydrogens is 400 g/mol. The molecule has 0 radical (unpaired) electrons. The highest BCUT2D eigenvalue weighted by Gasteiger charge is 2.26. The molecule has 0 bridgehead atoms. The number of amides is 1. The van der Waals surface area contributed by atoms with E-state index in [1.807, 2.05) is 6.07 Å². The Morgan fingerprint density at radius 3 is 2.20 bits per heavy atom. The molecule has 1 N–H and O–H groups in total. The standard InChI is InChI=1S/C23H24N2O4S/c1-3-25(19-9-5-4-6-10-19)30(27,28)22-12-8-7-11-21(22)24-23(26)17-18-13-15-20(29-2)16-14-18/h4-16H,3,17H2,1-2H3,(H,24,26). The van der Waals surface area contributed by atoms with Gasteiger partial charge in [0.1, 0.15) is 10.6 Å². The van der Waals surface area contributed by atoms with E-state index in [0.717, 1.165) is 5.56 Å². The van der Waals surface area contributed by atoms with Crippen molar-refractivity contribution < 1.29 is 17.9 Å². The first-order chi connectivity index (χ1) is 14.5. The fourth-order valence-electron chi connectivity index (χ4n) is 3.12. The molecule has 30 heavy (non-hydrogen) atoms. The molecule has 156 valence electrons. The summed E-state index contributed by atoms with van der Waals surface area (Å²) >= 11 is 0. The highest BCUT2D eigenvalue weighted by Crippen LogP contribution is 2.28. The molecule has 0 saturated carbocycles. The number of rotatable bonds is 8. The van der Waals surface area contributed by atoms with Crippen LogP contribution in [0.2, 0.25) is 0 Å². The Kier molecular flexibility index (Phi) is 6.74. The van der Waals surface area contributed by atoms with E-state index >= 15 is 0 Å². The van der Waals surface area contributed by atoms with Gasteiger partial charge >= 0.3 is 0 Å². The van der Waals surface area contributed by atoms with Crippen molar-refractivity contribution >= 4 is 27.3 Å². The van der Waals surface area contributed by atoms with Gasteiger partial charge in [-0.15, -0.1) is 0 Å². The number of hydrogen-bond donors (Lipinski definition) is 1. The van der Waals surface area contributed by atoms with Crippen molar-refractivity contribution in [2.75, 3.05) is 23.3 Å². The summed E-state index contributed by atoms with van der Waals surface area (Å²) in [4.78, 5) is 12.6. The Hall–Kier alpha value is -3.32. The van der Waals surface area contributed by atoms with Crippen LogP contribution < -0.4 is 14.4 Å². The molecule has 0 aromatic heterocycles. The monoisotopic (exact) mass is 424 g/mol. The zero-order valence-electron chi connectivity index (χ0n) is 16.9. The molecule has 3 rings (SSSR count). The minimum atomic E-state index is -3.86. The van der Waals surface area contributed by atoms with E-state index in [4.69, 9.17) is 4.74 Å². The van der Waals surface area contributed by atoms with Gasteiger partial charge in [-0.2, -0.15) is 0 Å². The molecule has 0 atom stereocenters. The minimum Gasteiger partial charge on any atom is -0.497 e. The smallest absolute Gasteiger partial charge is 0.266 e. The van der Waals surface area contributed by atoms with E-state index < -0.39 is 10.0 Å². The van der Waals surface area contributed by atoms with Gasteiger partial charge in [-0.3, -0.25) is 9.10 Å². The zero-order valence-corrected chi connectivity index (χ0v) is 17.7. The van der Waals surface area contributed by atoms with Crippen LogP contribution in [0, 0.1) is 0 Å². The summed E-state index contributed by atoms with van der Waals surface area (Å²) in [6.45, 7) is 2.04. The third kappa shape index (κ3) is 4.80. The van der Waals surface area contributed by atoms with Crippen LogP contribution in [0.25, 0.3) is 0 Å². The number of carbonyl (C=O) groups excluding carboxylic acids is 1. The summed E-state index contributed by atoms with van der Waals surface area (Å²) < 4.78 is 33.2. The lowest BCUT2D eigenvalue weighted by molar-refractivity contribution is -0.115. The Morgan fingerprint density at radius 2 is 1.57 bits per heavy atom. The number of nitrogens with zero attached hydrogens (tertiary/aromatic N) is 1. The summed E-state index contributed by atoms with van der Waals surface area (Å²) in [5.74, 6) is 0.404. The lowest BCUT2D eigenvalue weighted by atomic mass is 10.1. The van der Waals surface area contributed by atoms with Crippen molar-refractivity contribution in [3.63, 3.8) is 0 Å². The molecule has 0 heterocycles. The summed E-state index contributed by atoms with van der Waals surface area (Å²) in [6, 6.07) is 22.5. The van der Waals surface area contributed by atoms with E-state index in [1.54, 1.807) is 80.8 Å². The van der Waals surface area contributed by atoms with Crippen LogP contribution in [0.1, 0.15) is 12.5 Å². The van der Waals surface area contributed by atoms with Crippen LogP contribution in [0.15, 0.2) is 83.8 Å². The quantitative estimate of drug-likeness (QED) is 0.591. The molecule has 1 amide bonds. The Morgan fingerprint density at radius 1 is 0.933 bits per heavy atom. The number of benzene rings is 3. The lowest BCUT2D eigenvalue weighted by Gasteiger charge is -2.24. The van der Waals surface area contributed by atoms with E-state index in [1.165, 1.54) is 10.4 Å². The van der Waals surface area contributed by atoms with Crippen LogP contribution in [-0.2, 0) is 21.2 Å². The second kappa shape index (κ2) is 9.45. The zero-order chi connectivity index (χ0) is 21.6. The predicted octanol–water partition coefficient (Wildman–Crippen LogP) is 4.09. The van der Waals surface area contributed by atoms with E-state index in [0.29, 0.717) is 11.4 Å². The molecule has 3 aromatic carbocycles. The van der Waals surface area contributed by atoms with Crippen molar-refractivity contribution in [1.82, 2.24) is 0 Å². The number of carbonyl (C=O) groups is 1. The van der Waals surface area contributed by atoms with E-state index in [-0.39, 0.29) is 29.5 Å². The van der Waals surface area contributed by atoms with Gasteiger partial charge in [-0.1, -0.05) is 42.5 Å². The van der Waals surface area contributed by atoms with Crippen LogP contribution in [0.3, 0.4) is 0 Å². The van der Waals surface area contributed by atoms with Crippen molar-refractivity contribution in [3.05, 3.63) is 84.4 Å². The molecule has 0 fully saturated rings. The minimum absolute atomic E-state index is 0.0544. The predicted molar refractivity (Wildman–Crippen MR) is 118 cm³/mol. The first-order valence-corrected chi connectivity index (χ1v) is 11.0. The normalized spacial score (nSPS) is 11.0. The number of anilines is 2. The number of hydrogen-bond acceptors (Lipinski definition) is 4. The van der Waals surface area contributed by atoms with Gasteiger partial charge in [0.2, 0.25) is 5.91 Å². The maximum Gasteiger partial charge on any atom is 0.266 e. The SMILES string of the molecule is CCN(c1ccccc1)S(=O)(=O)c1ccccc1NC(=O)Cc1ccc(OC)cc1. The molecule has 0 aliphatic heterocycles. The van der Waals surface area contributed by atoms with Crippen molar-refractivity contribution in [1.29, 1.82) is 0 Å². The fraction of sp³-hybridized carbons (Fsp3) is 0.174. The third-order valence-corrected chi connectivity index (χ3v) is 6.55. The molecule has 0 aliphatic carbocycles. The number of ether oxygens (including phenoxy) is 1. The molecule has 0 saturated heterocycles. The Bertz CT molecular complexity index is 1100. The van der Waals surface area contributed by atoms with Crippen LogP contribution in [-0.4, -0.2) is 28.0 Å². The summed E-state index contributed by atoms with van der Waals surface area (Å²) in [6.07, 6.45) is 0.120. The molecule has 0 spiro atoms. The number of sulfonamides is 1. The second-order valence-corrected chi connectivity index (χ2v) is 8.41. The van der Waals surface area contributed by atoms with Gasteiger partial charge in [-0.05, 0) is 48.9 Å². The maximum atomic E-state index is 13.4. The van der Waals surface area contributed by atoms with E-state index in [9.17, 15) is 13.2 Å². The van der Waals surface area contributed by atoms with Crippen LogP contribution in [0.4, 0.5) is 11.4 Å². The van der Waals surface area contributed by atoms with Crippen molar-refractivity contribution in [2.45, 2.75) is 18.2 Å². The Balaban J connectivity index is 1.85. The largest absolute Gasteiger partial charge is 0.497 e. The van der Waals surface area contributed by atoms with Crippen LogP contribution >= 0.6 is 0 Å². The average molecular weight is 425 g/mol. The summed E-state index contributed by atoms with van der Waals surface area (Å²) in [5.41, 5.74) is 1.62. The van der Waals surface area contributed by atoms with E-state index in [2.05, 4.69) is 5.32 Å². The van der Waals surface area contributed by atoms with Crippen molar-refractivity contribution in [2.24, 2.45) is 0 Å². The van der Waals surface area contributed by atoms with Gasteiger partial charge in [0, 0.05) is 6.54 Å². The van der Waals surface area contributed by atoms with Crippen LogP contribution in [0.5, 0.6) is 5.75 Å². The highest BCUT2D eigenvalue weighted by molar-refractivity contribution is 7.93. The second-order valence-electron chi connectivity index (χ2n) is 6.57. The molecular formula is C23H24N2O4S. The van der Waals surface area contributed by atoms with Crippen molar-refractivity contribution in [3.8, 4) is 5.75 Å². The first kappa shape index (κ1) is 21.4. The summed E-state index contributed by atoms with van der Waals surface area (Å²) in [7, 11) is -2.28.